The van der Waals surface area contributed by atoms with Crippen molar-refractivity contribution >= 4 is 11.8 Å². The van der Waals surface area contributed by atoms with E-state index in [1.165, 1.54) is 0 Å². The van der Waals surface area contributed by atoms with E-state index in [1.54, 1.807) is 11.9 Å². The lowest BCUT2D eigenvalue weighted by Crippen LogP contribution is -2.55. The number of amides is 2. The van der Waals surface area contributed by atoms with Crippen LogP contribution in [0.25, 0.3) is 0 Å². The molecule has 1 heterocycles. The van der Waals surface area contributed by atoms with Gasteiger partial charge in [-0.3, -0.25) is 19.4 Å². The molecule has 0 bridgehead atoms. The Morgan fingerprint density at radius 2 is 1.65 bits per heavy atom. The molecule has 0 unspecified atom stereocenters. The Balaban J connectivity index is 1.77. The van der Waals surface area contributed by atoms with Crippen LogP contribution in [-0.4, -0.2) is 84.9 Å². The second kappa shape index (κ2) is 9.89. The summed E-state index contributed by atoms with van der Waals surface area (Å²) in [5.74, 6) is 0.104. The van der Waals surface area contributed by atoms with Crippen molar-refractivity contribution < 1.29 is 9.59 Å². The number of carbonyl (C=O) groups is 2. The Morgan fingerprint density at radius 3 is 2.19 bits per heavy atom. The number of nitrogens with one attached hydrogen (secondary N) is 1. The Bertz CT molecular complexity index is 517. The van der Waals surface area contributed by atoms with E-state index in [9.17, 15) is 14.9 Å². The number of nitrogens with zero attached hydrogens (tertiary/aromatic N) is 4. The summed E-state index contributed by atoms with van der Waals surface area (Å²) in [7, 11) is 1.78. The first kappa shape index (κ1) is 20.7. The van der Waals surface area contributed by atoms with Crippen molar-refractivity contribution in [3.05, 3.63) is 0 Å². The summed E-state index contributed by atoms with van der Waals surface area (Å²) in [4.78, 5) is 30.5. The highest BCUT2D eigenvalue weighted by molar-refractivity contribution is 5.79. The fourth-order valence-electron chi connectivity index (χ4n) is 3.82. The highest BCUT2D eigenvalue weighted by Gasteiger charge is 2.39. The summed E-state index contributed by atoms with van der Waals surface area (Å²) in [6, 6.07) is 2.41. The normalized spacial score (nSPS) is 21.0. The molecule has 1 N–H and O–H groups in total. The molecule has 2 aliphatic rings. The first-order valence-corrected chi connectivity index (χ1v) is 9.90. The molecule has 1 aliphatic heterocycles. The number of piperazine rings is 1. The predicted octanol–water partition coefficient (Wildman–Crippen LogP) is 0.815. The van der Waals surface area contributed by atoms with Crippen molar-refractivity contribution in [2.45, 2.75) is 51.0 Å². The zero-order valence-electron chi connectivity index (χ0n) is 16.3. The lowest BCUT2D eigenvalue weighted by atomic mass is 9.81. The average Bonchev–Trinajstić information content (AvgIpc) is 2.67. The molecule has 7 heteroatoms. The zero-order chi connectivity index (χ0) is 19.0. The molecule has 0 aromatic rings. The summed E-state index contributed by atoms with van der Waals surface area (Å²) < 4.78 is 0. The van der Waals surface area contributed by atoms with E-state index in [4.69, 9.17) is 0 Å². The monoisotopic (exact) mass is 363 g/mol. The first-order chi connectivity index (χ1) is 12.5. The smallest absolute Gasteiger partial charge is 0.237 e. The van der Waals surface area contributed by atoms with Gasteiger partial charge in [-0.05, 0) is 19.3 Å². The molecule has 7 nitrogen and oxygen atoms in total. The molecular formula is C19H33N5O2. The Labute approximate surface area is 157 Å². The molecule has 0 aromatic carbocycles. The third-order valence-corrected chi connectivity index (χ3v) is 5.67. The van der Waals surface area contributed by atoms with Gasteiger partial charge in [0, 0.05) is 39.8 Å². The average molecular weight is 364 g/mol. The van der Waals surface area contributed by atoms with Crippen LogP contribution in [0.3, 0.4) is 0 Å². The number of likely N-dealkylation sites (N-methyl/N-ethyl adjacent to an activating group) is 1. The van der Waals surface area contributed by atoms with Crippen molar-refractivity contribution in [1.29, 1.82) is 5.26 Å². The summed E-state index contributed by atoms with van der Waals surface area (Å²) in [5, 5.41) is 12.5. The van der Waals surface area contributed by atoms with E-state index in [1.807, 2.05) is 6.92 Å². The predicted molar refractivity (Wildman–Crippen MR) is 100 cm³/mol. The molecule has 0 aromatic heterocycles. The number of hydrogen-bond acceptors (Lipinski definition) is 5. The molecule has 2 rings (SSSR count). The van der Waals surface area contributed by atoms with E-state index in [2.05, 4.69) is 21.2 Å². The minimum absolute atomic E-state index is 0.0302. The lowest BCUT2D eigenvalue weighted by Gasteiger charge is -2.40. The molecule has 2 amide bonds. The second-order valence-corrected chi connectivity index (χ2v) is 7.56. The summed E-state index contributed by atoms with van der Waals surface area (Å²) in [5.41, 5.74) is -0.617. The van der Waals surface area contributed by atoms with Gasteiger partial charge in [0.25, 0.3) is 0 Å². The molecule has 1 saturated heterocycles. The van der Waals surface area contributed by atoms with Gasteiger partial charge in [0.1, 0.15) is 5.54 Å². The number of nitriles is 1. The zero-order valence-corrected chi connectivity index (χ0v) is 16.3. The maximum absolute atomic E-state index is 12.7. The van der Waals surface area contributed by atoms with E-state index in [-0.39, 0.29) is 11.8 Å². The van der Waals surface area contributed by atoms with E-state index in [0.717, 1.165) is 71.2 Å². The van der Waals surface area contributed by atoms with Gasteiger partial charge in [-0.2, -0.15) is 5.26 Å². The van der Waals surface area contributed by atoms with Gasteiger partial charge in [0.15, 0.2) is 0 Å². The number of rotatable bonds is 7. The van der Waals surface area contributed by atoms with Crippen LogP contribution >= 0.6 is 0 Å². The van der Waals surface area contributed by atoms with Crippen LogP contribution < -0.4 is 5.32 Å². The van der Waals surface area contributed by atoms with Gasteiger partial charge in [-0.1, -0.05) is 26.2 Å². The summed E-state index contributed by atoms with van der Waals surface area (Å²) in [6.07, 6.45) is 5.70. The molecule has 2 fully saturated rings. The van der Waals surface area contributed by atoms with E-state index >= 15 is 0 Å². The Hall–Kier alpha value is -1.65. The third kappa shape index (κ3) is 5.42. The van der Waals surface area contributed by atoms with Crippen molar-refractivity contribution in [2.24, 2.45) is 0 Å². The van der Waals surface area contributed by atoms with Crippen molar-refractivity contribution in [3.8, 4) is 6.07 Å². The molecule has 1 saturated carbocycles. The lowest BCUT2D eigenvalue weighted by molar-refractivity contribution is -0.136. The Kier molecular flexibility index (Phi) is 7.85. The SMILES string of the molecule is CCCNC(=O)CN1CCN(CC(=O)N(C)C2(C#N)CCCCC2)CC1. The molecule has 1 aliphatic carbocycles. The van der Waals surface area contributed by atoms with Gasteiger partial charge in [0.05, 0.1) is 19.2 Å². The van der Waals surface area contributed by atoms with Crippen molar-refractivity contribution in [2.75, 3.05) is 52.9 Å². The van der Waals surface area contributed by atoms with Crippen LogP contribution in [0.4, 0.5) is 0 Å². The molecule has 0 radical (unpaired) electrons. The van der Waals surface area contributed by atoms with Crippen molar-refractivity contribution in [3.63, 3.8) is 0 Å². The fraction of sp³-hybridized carbons (Fsp3) is 0.842. The summed E-state index contributed by atoms with van der Waals surface area (Å²) in [6.45, 7) is 6.69. The van der Waals surface area contributed by atoms with Crippen LogP contribution in [0, 0.1) is 11.3 Å². The van der Waals surface area contributed by atoms with Gasteiger partial charge in [-0.15, -0.1) is 0 Å². The highest BCUT2D eigenvalue weighted by atomic mass is 16.2. The van der Waals surface area contributed by atoms with Crippen LogP contribution in [0.1, 0.15) is 45.4 Å². The van der Waals surface area contributed by atoms with Crippen LogP contribution in [0.2, 0.25) is 0 Å². The molecule has 0 spiro atoms. The topological polar surface area (TPSA) is 79.7 Å². The maximum Gasteiger partial charge on any atom is 0.237 e. The third-order valence-electron chi connectivity index (χ3n) is 5.67. The van der Waals surface area contributed by atoms with Crippen LogP contribution in [-0.2, 0) is 9.59 Å². The van der Waals surface area contributed by atoms with Gasteiger partial charge >= 0.3 is 0 Å². The largest absolute Gasteiger partial charge is 0.355 e. The molecule has 146 valence electrons. The molecule has 26 heavy (non-hydrogen) atoms. The van der Waals surface area contributed by atoms with E-state index < -0.39 is 5.54 Å². The number of carbonyl (C=O) groups excluding carboxylic acids is 2. The van der Waals surface area contributed by atoms with Gasteiger partial charge in [-0.25, -0.2) is 0 Å². The summed E-state index contributed by atoms with van der Waals surface area (Å²) >= 11 is 0. The first-order valence-electron chi connectivity index (χ1n) is 9.90. The van der Waals surface area contributed by atoms with Gasteiger partial charge in [0.2, 0.25) is 11.8 Å². The second-order valence-electron chi connectivity index (χ2n) is 7.56. The van der Waals surface area contributed by atoms with Crippen LogP contribution in [0.15, 0.2) is 0 Å². The maximum atomic E-state index is 12.7. The standard InChI is InChI=1S/C19H33N5O2/c1-3-9-21-17(25)14-23-10-12-24(13-11-23)15-18(26)22(2)19(16-20)7-5-4-6-8-19/h3-15H2,1-2H3,(H,21,25). The highest BCUT2D eigenvalue weighted by Crippen LogP contribution is 2.32. The van der Waals surface area contributed by atoms with Crippen molar-refractivity contribution in [1.82, 2.24) is 20.0 Å². The minimum Gasteiger partial charge on any atom is -0.355 e. The minimum atomic E-state index is -0.617. The number of hydrogen-bond donors (Lipinski definition) is 1. The molecule has 0 atom stereocenters. The Morgan fingerprint density at radius 1 is 1.08 bits per heavy atom. The quantitative estimate of drug-likeness (QED) is 0.724. The van der Waals surface area contributed by atoms with Crippen LogP contribution in [0.5, 0.6) is 0 Å². The molecular weight excluding hydrogens is 330 g/mol. The fourth-order valence-corrected chi connectivity index (χ4v) is 3.82. The van der Waals surface area contributed by atoms with Gasteiger partial charge < -0.3 is 10.2 Å². The van der Waals surface area contributed by atoms with E-state index in [0.29, 0.717) is 13.1 Å².